The molecule has 0 aliphatic heterocycles. The van der Waals surface area contributed by atoms with Crippen molar-refractivity contribution in [1.29, 1.82) is 0 Å². The van der Waals surface area contributed by atoms with Crippen molar-refractivity contribution in [2.24, 2.45) is 7.05 Å². The van der Waals surface area contributed by atoms with E-state index in [9.17, 15) is 21.6 Å². The van der Waals surface area contributed by atoms with Crippen LogP contribution in [0.1, 0.15) is 11.1 Å². The van der Waals surface area contributed by atoms with E-state index in [1.54, 1.807) is 17.8 Å². The second-order valence-electron chi connectivity index (χ2n) is 6.09. The number of hydrogen-bond acceptors (Lipinski definition) is 6. The van der Waals surface area contributed by atoms with Gasteiger partial charge in [0.05, 0.1) is 18.1 Å². The van der Waals surface area contributed by atoms with Crippen LogP contribution in [0, 0.1) is 0 Å². The van der Waals surface area contributed by atoms with Gasteiger partial charge in [0.15, 0.2) is 10.8 Å². The standard InChI is InChI=1S/C17H17F3N6O2S/c1-21-29(27,28)14-8-23-16(15(25-14)13-9-26(2)10-24-13)22-7-11-4-3-5-12(6-11)17(18,19)20/h3-6,8-10,21H,7H2,1-2H3,(H,22,23). The van der Waals surface area contributed by atoms with Crippen LogP contribution in [0.5, 0.6) is 0 Å². The first kappa shape index (κ1) is 20.7. The van der Waals surface area contributed by atoms with Crippen molar-refractivity contribution in [3.63, 3.8) is 0 Å². The summed E-state index contributed by atoms with van der Waals surface area (Å²) in [6.45, 7) is 0.0244. The van der Waals surface area contributed by atoms with Crippen LogP contribution < -0.4 is 10.0 Å². The number of nitrogens with one attached hydrogen (secondary N) is 2. The molecule has 2 aromatic heterocycles. The van der Waals surface area contributed by atoms with E-state index in [-0.39, 0.29) is 23.1 Å². The summed E-state index contributed by atoms with van der Waals surface area (Å²) >= 11 is 0. The van der Waals surface area contributed by atoms with Crippen molar-refractivity contribution in [3.8, 4) is 11.4 Å². The van der Waals surface area contributed by atoms with Gasteiger partial charge in [-0.15, -0.1) is 0 Å². The molecule has 0 radical (unpaired) electrons. The molecule has 0 spiro atoms. The van der Waals surface area contributed by atoms with E-state index in [2.05, 4.69) is 25.0 Å². The number of imidazole rings is 1. The van der Waals surface area contributed by atoms with Gasteiger partial charge in [-0.05, 0) is 24.7 Å². The lowest BCUT2D eigenvalue weighted by Gasteiger charge is -2.12. The fraction of sp³-hybridized carbons (Fsp3) is 0.235. The Labute approximate surface area is 164 Å². The summed E-state index contributed by atoms with van der Waals surface area (Å²) in [6, 6.07) is 4.87. The first-order valence-corrected chi connectivity index (χ1v) is 9.77. The molecule has 0 fully saturated rings. The van der Waals surface area contributed by atoms with Gasteiger partial charge in [0.2, 0.25) is 0 Å². The predicted molar refractivity (Wildman–Crippen MR) is 99.3 cm³/mol. The van der Waals surface area contributed by atoms with E-state index in [0.29, 0.717) is 11.3 Å². The Kier molecular flexibility index (Phi) is 5.57. The number of anilines is 1. The highest BCUT2D eigenvalue weighted by Gasteiger charge is 2.30. The molecule has 0 atom stereocenters. The van der Waals surface area contributed by atoms with Crippen molar-refractivity contribution in [2.75, 3.05) is 12.4 Å². The Morgan fingerprint density at radius 1 is 1.21 bits per heavy atom. The number of nitrogens with zero attached hydrogens (tertiary/aromatic N) is 4. The van der Waals surface area contributed by atoms with Gasteiger partial charge in [-0.3, -0.25) is 0 Å². The molecule has 3 aromatic rings. The lowest BCUT2D eigenvalue weighted by atomic mass is 10.1. The van der Waals surface area contributed by atoms with Crippen molar-refractivity contribution in [2.45, 2.75) is 17.7 Å². The summed E-state index contributed by atoms with van der Waals surface area (Å²) in [5.74, 6) is 0.191. The number of hydrogen-bond donors (Lipinski definition) is 2. The number of aromatic nitrogens is 4. The minimum Gasteiger partial charge on any atom is -0.364 e. The number of halogens is 3. The molecule has 0 aliphatic carbocycles. The van der Waals surface area contributed by atoms with E-state index in [1.807, 2.05) is 0 Å². The van der Waals surface area contributed by atoms with Crippen LogP contribution in [0.3, 0.4) is 0 Å². The Hall–Kier alpha value is -2.99. The van der Waals surface area contributed by atoms with Gasteiger partial charge in [-0.25, -0.2) is 28.1 Å². The maximum Gasteiger partial charge on any atom is 0.416 e. The molecular weight excluding hydrogens is 409 g/mol. The zero-order valence-electron chi connectivity index (χ0n) is 15.4. The van der Waals surface area contributed by atoms with E-state index < -0.39 is 21.8 Å². The maximum absolute atomic E-state index is 12.9. The third-order valence-corrected chi connectivity index (χ3v) is 5.24. The summed E-state index contributed by atoms with van der Waals surface area (Å²) in [5, 5.41) is 2.61. The van der Waals surface area contributed by atoms with Gasteiger partial charge in [-0.1, -0.05) is 12.1 Å². The fourth-order valence-corrected chi connectivity index (χ4v) is 3.11. The summed E-state index contributed by atoms with van der Waals surface area (Å²) in [5.41, 5.74) is 0.136. The average molecular weight is 426 g/mol. The van der Waals surface area contributed by atoms with Gasteiger partial charge < -0.3 is 9.88 Å². The third kappa shape index (κ3) is 4.71. The van der Waals surface area contributed by atoms with Crippen molar-refractivity contribution in [3.05, 3.63) is 54.1 Å². The highest BCUT2D eigenvalue weighted by atomic mass is 32.2. The van der Waals surface area contributed by atoms with E-state index in [1.165, 1.54) is 25.5 Å². The van der Waals surface area contributed by atoms with E-state index in [0.717, 1.165) is 18.3 Å². The van der Waals surface area contributed by atoms with E-state index in [4.69, 9.17) is 0 Å². The van der Waals surface area contributed by atoms with Crippen LogP contribution in [0.2, 0.25) is 0 Å². The lowest BCUT2D eigenvalue weighted by Crippen LogP contribution is -2.20. The molecule has 1 aromatic carbocycles. The molecule has 2 N–H and O–H groups in total. The minimum absolute atomic E-state index is 0.0244. The minimum atomic E-state index is -4.45. The normalized spacial score (nSPS) is 12.2. The van der Waals surface area contributed by atoms with Crippen LogP contribution in [0.25, 0.3) is 11.4 Å². The predicted octanol–water partition coefficient (Wildman–Crippen LogP) is 2.42. The zero-order valence-corrected chi connectivity index (χ0v) is 16.2. The molecule has 0 aliphatic rings. The number of aryl methyl sites for hydroxylation is 1. The van der Waals surface area contributed by atoms with Gasteiger partial charge in [0.1, 0.15) is 11.4 Å². The Bertz CT molecular complexity index is 1130. The average Bonchev–Trinajstić information content (AvgIpc) is 3.12. The molecule has 0 amide bonds. The molecular formula is C17H17F3N6O2S. The summed E-state index contributed by atoms with van der Waals surface area (Å²) in [7, 11) is -0.861. The molecule has 12 heteroatoms. The molecule has 29 heavy (non-hydrogen) atoms. The monoisotopic (exact) mass is 426 g/mol. The van der Waals surface area contributed by atoms with Gasteiger partial charge >= 0.3 is 6.18 Å². The maximum atomic E-state index is 12.9. The van der Waals surface area contributed by atoms with Crippen LogP contribution in [0.15, 0.2) is 48.0 Å². The van der Waals surface area contributed by atoms with Crippen LogP contribution in [-0.2, 0) is 29.8 Å². The number of alkyl halides is 3. The first-order chi connectivity index (χ1) is 13.6. The van der Waals surface area contributed by atoms with Gasteiger partial charge in [0.25, 0.3) is 10.0 Å². The topological polar surface area (TPSA) is 102 Å². The summed E-state index contributed by atoms with van der Waals surface area (Å²) in [4.78, 5) is 12.4. The summed E-state index contributed by atoms with van der Waals surface area (Å²) < 4.78 is 66.6. The number of rotatable bonds is 6. The second-order valence-corrected chi connectivity index (χ2v) is 7.92. The smallest absolute Gasteiger partial charge is 0.364 e. The number of benzene rings is 1. The second kappa shape index (κ2) is 7.79. The van der Waals surface area contributed by atoms with Crippen molar-refractivity contribution in [1.82, 2.24) is 24.2 Å². The van der Waals surface area contributed by atoms with Crippen LogP contribution >= 0.6 is 0 Å². The van der Waals surface area contributed by atoms with Gasteiger partial charge in [0, 0.05) is 19.8 Å². The van der Waals surface area contributed by atoms with Crippen molar-refractivity contribution >= 4 is 15.8 Å². The summed E-state index contributed by atoms with van der Waals surface area (Å²) in [6.07, 6.45) is -0.257. The molecule has 3 rings (SSSR count). The fourth-order valence-electron chi connectivity index (χ4n) is 2.49. The van der Waals surface area contributed by atoms with Crippen LogP contribution in [-0.4, -0.2) is 35.0 Å². The van der Waals surface area contributed by atoms with Crippen LogP contribution in [0.4, 0.5) is 19.0 Å². The molecule has 8 nitrogen and oxygen atoms in total. The first-order valence-electron chi connectivity index (χ1n) is 8.29. The Morgan fingerprint density at radius 3 is 2.59 bits per heavy atom. The Morgan fingerprint density at radius 2 is 1.97 bits per heavy atom. The number of sulfonamides is 1. The molecule has 0 unspecified atom stereocenters. The lowest BCUT2D eigenvalue weighted by molar-refractivity contribution is -0.137. The molecule has 0 saturated heterocycles. The largest absolute Gasteiger partial charge is 0.416 e. The molecule has 2 heterocycles. The highest BCUT2D eigenvalue weighted by molar-refractivity contribution is 7.89. The third-order valence-electron chi connectivity index (χ3n) is 3.96. The zero-order chi connectivity index (χ0) is 21.2. The molecule has 0 bridgehead atoms. The quantitative estimate of drug-likeness (QED) is 0.628. The SMILES string of the molecule is CNS(=O)(=O)c1cnc(NCc2cccc(C(F)(F)F)c2)c(-c2cn(C)cn2)n1. The molecule has 154 valence electrons. The molecule has 0 saturated carbocycles. The van der Waals surface area contributed by atoms with Gasteiger partial charge in [-0.2, -0.15) is 13.2 Å². The Balaban J connectivity index is 1.95. The highest BCUT2D eigenvalue weighted by Crippen LogP contribution is 2.30. The van der Waals surface area contributed by atoms with Crippen molar-refractivity contribution < 1.29 is 21.6 Å². The van der Waals surface area contributed by atoms with E-state index >= 15 is 0 Å².